The number of imidazole rings is 1. The monoisotopic (exact) mass is 349 g/mol. The number of para-hydroxylation sites is 1. The number of H-pyrrole nitrogens is 1. The van der Waals surface area contributed by atoms with Gasteiger partial charge in [-0.1, -0.05) is 32.0 Å². The van der Waals surface area contributed by atoms with E-state index in [0.717, 1.165) is 0 Å². The average Bonchev–Trinajstić information content (AvgIpc) is 3.20. The van der Waals surface area contributed by atoms with Crippen molar-refractivity contribution in [3.63, 3.8) is 0 Å². The molecule has 8 heteroatoms. The van der Waals surface area contributed by atoms with E-state index in [0.29, 0.717) is 17.1 Å². The highest BCUT2D eigenvalue weighted by atomic mass is 32.2. The van der Waals surface area contributed by atoms with Crippen LogP contribution in [0.3, 0.4) is 0 Å². The molecule has 1 aromatic heterocycles. The molecule has 1 aromatic carbocycles. The highest BCUT2D eigenvalue weighted by Crippen LogP contribution is 2.39. The lowest BCUT2D eigenvalue weighted by Crippen LogP contribution is -2.31. The predicted octanol–water partition coefficient (Wildman–Crippen LogP) is 2.00. The first-order chi connectivity index (χ1) is 11.4. The van der Waals surface area contributed by atoms with Crippen LogP contribution in [0.15, 0.2) is 35.5 Å². The largest absolute Gasteiger partial charge is 0.468 e. The molecule has 0 radical (unpaired) electrons. The molecule has 0 fully saturated rings. The number of hydrogen-bond acceptors (Lipinski definition) is 5. The minimum Gasteiger partial charge on any atom is -0.468 e. The van der Waals surface area contributed by atoms with Crippen molar-refractivity contribution in [1.82, 2.24) is 9.97 Å². The van der Waals surface area contributed by atoms with Gasteiger partial charge in [0, 0.05) is 5.92 Å². The van der Waals surface area contributed by atoms with Crippen LogP contribution in [0.25, 0.3) is 0 Å². The van der Waals surface area contributed by atoms with Crippen molar-refractivity contribution >= 4 is 21.7 Å². The van der Waals surface area contributed by atoms with Gasteiger partial charge in [-0.05, 0) is 11.6 Å². The van der Waals surface area contributed by atoms with Gasteiger partial charge in [-0.3, -0.25) is 9.10 Å². The van der Waals surface area contributed by atoms with Crippen LogP contribution < -0.4 is 4.31 Å². The van der Waals surface area contributed by atoms with Crippen molar-refractivity contribution in [3.05, 3.63) is 41.9 Å². The highest BCUT2D eigenvalue weighted by Gasteiger charge is 2.40. The molecule has 1 N–H and O–H groups in total. The summed E-state index contributed by atoms with van der Waals surface area (Å²) in [6.07, 6.45) is 1.32. The number of nitrogens with one attached hydrogen (secondary N) is 1. The van der Waals surface area contributed by atoms with E-state index in [9.17, 15) is 13.2 Å². The zero-order valence-corrected chi connectivity index (χ0v) is 14.5. The lowest BCUT2D eigenvalue weighted by atomic mass is 10.0. The van der Waals surface area contributed by atoms with Gasteiger partial charge in [0.2, 0.25) is 0 Å². The quantitative estimate of drug-likeness (QED) is 0.852. The molecule has 0 bridgehead atoms. The van der Waals surface area contributed by atoms with Crippen LogP contribution in [0, 0.1) is 0 Å². The number of benzene rings is 1. The second-order valence-electron chi connectivity index (χ2n) is 5.96. The molecule has 0 amide bonds. The fourth-order valence-corrected chi connectivity index (χ4v) is 4.23. The third-order valence-electron chi connectivity index (χ3n) is 4.10. The van der Waals surface area contributed by atoms with E-state index >= 15 is 0 Å². The molecule has 128 valence electrons. The number of esters is 1. The lowest BCUT2D eigenvalue weighted by molar-refractivity contribution is -0.141. The minimum atomic E-state index is -3.83. The number of nitrogens with zero attached hydrogens (tertiary/aromatic N) is 2. The third-order valence-corrected chi connectivity index (χ3v) is 5.79. The summed E-state index contributed by atoms with van der Waals surface area (Å²) in [4.78, 5) is 19.0. The molecule has 3 rings (SSSR count). The van der Waals surface area contributed by atoms with Crippen LogP contribution >= 0.6 is 0 Å². The molecule has 2 heterocycles. The summed E-state index contributed by atoms with van der Waals surface area (Å²) in [6.45, 7) is 3.87. The minimum absolute atomic E-state index is 0.0182. The molecular weight excluding hydrogens is 330 g/mol. The summed E-state index contributed by atoms with van der Waals surface area (Å²) in [7, 11) is -2.53. The summed E-state index contributed by atoms with van der Waals surface area (Å²) in [5, 5.41) is 0.0199. The molecule has 2 aromatic rings. The normalized spacial score (nSPS) is 17.2. The van der Waals surface area contributed by atoms with E-state index in [4.69, 9.17) is 4.74 Å². The number of sulfonamides is 1. The number of methoxy groups -OCH3 is 1. The van der Waals surface area contributed by atoms with Crippen molar-refractivity contribution in [2.75, 3.05) is 18.0 Å². The van der Waals surface area contributed by atoms with E-state index < -0.39 is 21.9 Å². The molecular formula is C16H19N3O4S. The van der Waals surface area contributed by atoms with Crippen LogP contribution in [-0.2, 0) is 19.6 Å². The number of hydrogen-bond donors (Lipinski definition) is 1. The molecule has 1 unspecified atom stereocenters. The van der Waals surface area contributed by atoms with Gasteiger partial charge in [0.15, 0.2) is 5.03 Å². The molecule has 1 atom stereocenters. The van der Waals surface area contributed by atoms with Gasteiger partial charge in [-0.15, -0.1) is 0 Å². The summed E-state index contributed by atoms with van der Waals surface area (Å²) in [5.74, 6) is -0.394. The van der Waals surface area contributed by atoms with Crippen molar-refractivity contribution in [1.29, 1.82) is 0 Å². The summed E-state index contributed by atoms with van der Waals surface area (Å²) >= 11 is 0. The van der Waals surface area contributed by atoms with Gasteiger partial charge >= 0.3 is 5.97 Å². The Hall–Kier alpha value is -2.35. The molecule has 0 saturated carbocycles. The van der Waals surface area contributed by atoms with E-state index in [1.54, 1.807) is 24.3 Å². The van der Waals surface area contributed by atoms with E-state index in [1.807, 2.05) is 13.8 Å². The molecule has 0 aliphatic carbocycles. The van der Waals surface area contributed by atoms with Crippen LogP contribution in [0.4, 0.5) is 5.69 Å². The fraction of sp³-hybridized carbons (Fsp3) is 0.375. The number of rotatable bonds is 4. The Morgan fingerprint density at radius 3 is 2.71 bits per heavy atom. The second kappa shape index (κ2) is 5.94. The predicted molar refractivity (Wildman–Crippen MR) is 88.4 cm³/mol. The van der Waals surface area contributed by atoms with Gasteiger partial charge in [0.1, 0.15) is 11.7 Å². The molecule has 24 heavy (non-hydrogen) atoms. The number of carbonyl (C=O) groups excluding carboxylic acids is 1. The van der Waals surface area contributed by atoms with Gasteiger partial charge in [-0.2, -0.15) is 8.42 Å². The van der Waals surface area contributed by atoms with E-state index in [2.05, 4.69) is 9.97 Å². The van der Waals surface area contributed by atoms with E-state index in [-0.39, 0.29) is 17.5 Å². The fourth-order valence-electron chi connectivity index (χ4n) is 2.81. The van der Waals surface area contributed by atoms with Gasteiger partial charge in [0.05, 0.1) is 25.5 Å². The average molecular weight is 349 g/mol. The second-order valence-corrected chi connectivity index (χ2v) is 7.79. The number of anilines is 1. The zero-order valence-electron chi connectivity index (χ0n) is 13.7. The van der Waals surface area contributed by atoms with Crippen LogP contribution in [0.5, 0.6) is 0 Å². The number of carbonyl (C=O) groups is 1. The Balaban J connectivity index is 2.04. The molecule has 7 nitrogen and oxygen atoms in total. The van der Waals surface area contributed by atoms with Crippen LogP contribution in [0.1, 0.15) is 37.1 Å². The Kier molecular flexibility index (Phi) is 4.08. The Labute approximate surface area is 140 Å². The van der Waals surface area contributed by atoms with Gasteiger partial charge in [0.25, 0.3) is 10.0 Å². The van der Waals surface area contributed by atoms with Crippen molar-refractivity contribution < 1.29 is 17.9 Å². The molecule has 0 saturated heterocycles. The summed E-state index contributed by atoms with van der Waals surface area (Å²) in [6, 6.07) is 6.96. The van der Waals surface area contributed by atoms with Crippen molar-refractivity contribution in [2.45, 2.75) is 30.7 Å². The Morgan fingerprint density at radius 2 is 2.08 bits per heavy atom. The number of aromatic amines is 1. The van der Waals surface area contributed by atoms with Gasteiger partial charge in [-0.25, -0.2) is 4.98 Å². The topological polar surface area (TPSA) is 92.4 Å². The molecule has 1 aliphatic rings. The zero-order chi connectivity index (χ0) is 17.5. The van der Waals surface area contributed by atoms with Crippen molar-refractivity contribution in [3.8, 4) is 0 Å². The maximum Gasteiger partial charge on any atom is 0.315 e. The Morgan fingerprint density at radius 1 is 1.38 bits per heavy atom. The number of aromatic nitrogens is 2. The van der Waals surface area contributed by atoms with Crippen LogP contribution in [0.2, 0.25) is 0 Å². The highest BCUT2D eigenvalue weighted by molar-refractivity contribution is 7.92. The third kappa shape index (κ3) is 2.56. The SMILES string of the molecule is COC(=O)C1CN(S(=O)(=O)c2cnc(C(C)C)[nH]2)c2ccccc21. The Bertz CT molecular complexity index is 873. The first-order valence-electron chi connectivity index (χ1n) is 7.60. The van der Waals surface area contributed by atoms with E-state index in [1.165, 1.54) is 17.6 Å². The number of fused-ring (bicyclic) bond motifs is 1. The maximum absolute atomic E-state index is 13.0. The maximum atomic E-state index is 13.0. The molecule has 0 spiro atoms. The first kappa shape index (κ1) is 16.5. The van der Waals surface area contributed by atoms with Crippen molar-refractivity contribution in [2.24, 2.45) is 0 Å². The summed E-state index contributed by atoms with van der Waals surface area (Å²) < 4.78 is 32.0. The lowest BCUT2D eigenvalue weighted by Gasteiger charge is -2.18. The summed E-state index contributed by atoms with van der Waals surface area (Å²) in [5.41, 5.74) is 1.14. The van der Waals surface area contributed by atoms with Gasteiger partial charge < -0.3 is 9.72 Å². The standard InChI is InChI=1S/C16H19N3O4S/c1-10(2)15-17-8-14(18-15)24(21,22)19-9-12(16(20)23-3)11-6-4-5-7-13(11)19/h4-8,10,12H,9H2,1-3H3,(H,17,18). The number of ether oxygens (including phenoxy) is 1. The first-order valence-corrected chi connectivity index (χ1v) is 9.04. The van der Waals surface area contributed by atoms with Crippen LogP contribution in [-0.4, -0.2) is 38.0 Å². The smallest absolute Gasteiger partial charge is 0.315 e. The molecule has 1 aliphatic heterocycles.